The van der Waals surface area contributed by atoms with Crippen molar-refractivity contribution >= 4 is 11.6 Å². The quantitative estimate of drug-likeness (QED) is 0.933. The van der Waals surface area contributed by atoms with Gasteiger partial charge in [-0.3, -0.25) is 0 Å². The first kappa shape index (κ1) is 14.7. The molecule has 4 heteroatoms. The number of rotatable bonds is 4. The molecule has 1 unspecified atom stereocenters. The molecule has 1 N–H and O–H groups in total. The Morgan fingerprint density at radius 3 is 2.45 bits per heavy atom. The van der Waals surface area contributed by atoms with Gasteiger partial charge >= 0.3 is 0 Å². The van der Waals surface area contributed by atoms with Crippen LogP contribution in [0.25, 0.3) is 0 Å². The number of ether oxygens (including phenoxy) is 2. The van der Waals surface area contributed by atoms with Gasteiger partial charge in [-0.25, -0.2) is 0 Å². The second kappa shape index (κ2) is 6.16. The van der Waals surface area contributed by atoms with Crippen molar-refractivity contribution in [3.8, 4) is 11.5 Å². The van der Waals surface area contributed by atoms with Crippen LogP contribution in [0.3, 0.4) is 0 Å². The summed E-state index contributed by atoms with van der Waals surface area (Å²) in [5.74, 6) is 0.969. The molecule has 0 aromatic heterocycles. The Bertz CT molecular complexity index is 611. The van der Waals surface area contributed by atoms with E-state index in [1.807, 2.05) is 31.2 Å². The second-order valence-electron chi connectivity index (χ2n) is 4.52. The van der Waals surface area contributed by atoms with E-state index >= 15 is 0 Å². The third kappa shape index (κ3) is 2.74. The molecule has 0 saturated heterocycles. The van der Waals surface area contributed by atoms with Gasteiger partial charge in [-0.2, -0.15) is 0 Å². The zero-order chi connectivity index (χ0) is 14.7. The largest absolute Gasteiger partial charge is 0.493 e. The molecule has 0 aliphatic heterocycles. The minimum absolute atomic E-state index is 0.362. The zero-order valence-corrected chi connectivity index (χ0v) is 12.4. The van der Waals surface area contributed by atoms with E-state index in [2.05, 4.69) is 0 Å². The molecule has 0 spiro atoms. The fraction of sp³-hybridized carbons (Fsp3) is 0.250. The number of methoxy groups -OCH3 is 2. The Balaban J connectivity index is 2.47. The average molecular weight is 293 g/mol. The normalized spacial score (nSPS) is 12.1. The molecule has 0 heterocycles. The van der Waals surface area contributed by atoms with Crippen molar-refractivity contribution in [2.24, 2.45) is 0 Å². The van der Waals surface area contributed by atoms with E-state index in [0.29, 0.717) is 22.1 Å². The van der Waals surface area contributed by atoms with Crippen molar-refractivity contribution < 1.29 is 14.6 Å². The predicted molar refractivity (Wildman–Crippen MR) is 79.8 cm³/mol. The number of hydrogen-bond donors (Lipinski definition) is 1. The summed E-state index contributed by atoms with van der Waals surface area (Å²) < 4.78 is 10.4. The second-order valence-corrected chi connectivity index (χ2v) is 4.90. The molecule has 0 bridgehead atoms. The molecule has 20 heavy (non-hydrogen) atoms. The number of aryl methyl sites for hydroxylation is 1. The summed E-state index contributed by atoms with van der Waals surface area (Å²) in [5.41, 5.74) is 2.46. The average Bonchev–Trinajstić information content (AvgIpc) is 2.46. The SMILES string of the molecule is COc1ccc(C(O)c2cccc(C)c2)c(Cl)c1OC. The van der Waals surface area contributed by atoms with Crippen LogP contribution >= 0.6 is 11.6 Å². The maximum Gasteiger partial charge on any atom is 0.179 e. The van der Waals surface area contributed by atoms with Crippen LogP contribution in [0.1, 0.15) is 22.8 Å². The van der Waals surface area contributed by atoms with Gasteiger partial charge in [-0.1, -0.05) is 47.5 Å². The van der Waals surface area contributed by atoms with E-state index in [9.17, 15) is 5.11 Å². The van der Waals surface area contributed by atoms with Gasteiger partial charge < -0.3 is 14.6 Å². The first-order chi connectivity index (χ1) is 9.58. The minimum atomic E-state index is -0.804. The van der Waals surface area contributed by atoms with Gasteiger partial charge in [0.1, 0.15) is 6.10 Å². The molecule has 1 atom stereocenters. The van der Waals surface area contributed by atoms with Crippen molar-refractivity contribution in [3.05, 3.63) is 58.1 Å². The molecule has 0 fully saturated rings. The van der Waals surface area contributed by atoms with Gasteiger partial charge in [-0.05, 0) is 18.6 Å². The van der Waals surface area contributed by atoms with Crippen LogP contribution in [-0.2, 0) is 0 Å². The number of hydrogen-bond acceptors (Lipinski definition) is 3. The lowest BCUT2D eigenvalue weighted by atomic mass is 9.99. The van der Waals surface area contributed by atoms with Gasteiger partial charge in [0.2, 0.25) is 0 Å². The van der Waals surface area contributed by atoms with Gasteiger partial charge in [0.25, 0.3) is 0 Å². The Labute approximate surface area is 123 Å². The third-order valence-corrected chi connectivity index (χ3v) is 3.56. The highest BCUT2D eigenvalue weighted by Gasteiger charge is 2.19. The molecule has 0 aliphatic rings. The highest BCUT2D eigenvalue weighted by atomic mass is 35.5. The third-order valence-electron chi connectivity index (χ3n) is 3.17. The number of halogens is 1. The minimum Gasteiger partial charge on any atom is -0.493 e. The molecule has 0 saturated carbocycles. The summed E-state index contributed by atoms with van der Waals surface area (Å²) >= 11 is 6.31. The Morgan fingerprint density at radius 2 is 1.85 bits per heavy atom. The summed E-state index contributed by atoms with van der Waals surface area (Å²) in [4.78, 5) is 0. The van der Waals surface area contributed by atoms with Crippen LogP contribution < -0.4 is 9.47 Å². The van der Waals surface area contributed by atoms with Gasteiger partial charge in [0, 0.05) is 5.56 Å². The highest BCUT2D eigenvalue weighted by molar-refractivity contribution is 6.33. The Morgan fingerprint density at radius 1 is 1.10 bits per heavy atom. The van der Waals surface area contributed by atoms with E-state index < -0.39 is 6.10 Å². The maximum atomic E-state index is 10.5. The molecule has 0 radical (unpaired) electrons. The fourth-order valence-electron chi connectivity index (χ4n) is 2.14. The Kier molecular flexibility index (Phi) is 4.53. The maximum absolute atomic E-state index is 10.5. The van der Waals surface area contributed by atoms with Crippen molar-refractivity contribution in [1.29, 1.82) is 0 Å². The van der Waals surface area contributed by atoms with E-state index in [1.54, 1.807) is 19.2 Å². The lowest BCUT2D eigenvalue weighted by molar-refractivity contribution is 0.219. The molecular weight excluding hydrogens is 276 g/mol. The zero-order valence-electron chi connectivity index (χ0n) is 11.7. The molecule has 3 nitrogen and oxygen atoms in total. The first-order valence-corrected chi connectivity index (χ1v) is 6.61. The standard InChI is InChI=1S/C16H17ClO3/c1-10-5-4-6-11(9-10)15(18)12-7-8-13(19-2)16(20-3)14(12)17/h4-9,15,18H,1-3H3. The van der Waals surface area contributed by atoms with Crippen molar-refractivity contribution in [2.45, 2.75) is 13.0 Å². The van der Waals surface area contributed by atoms with Crippen LogP contribution in [0.5, 0.6) is 11.5 Å². The topological polar surface area (TPSA) is 38.7 Å². The number of aliphatic hydroxyl groups is 1. The van der Waals surface area contributed by atoms with Crippen LogP contribution in [-0.4, -0.2) is 19.3 Å². The van der Waals surface area contributed by atoms with Crippen LogP contribution in [0, 0.1) is 6.92 Å². The van der Waals surface area contributed by atoms with Crippen molar-refractivity contribution in [3.63, 3.8) is 0 Å². The smallest absolute Gasteiger partial charge is 0.179 e. The molecule has 2 aromatic rings. The lowest BCUT2D eigenvalue weighted by Gasteiger charge is -2.17. The molecule has 2 aromatic carbocycles. The van der Waals surface area contributed by atoms with Crippen molar-refractivity contribution in [1.82, 2.24) is 0 Å². The monoisotopic (exact) mass is 292 g/mol. The van der Waals surface area contributed by atoms with E-state index in [0.717, 1.165) is 11.1 Å². The lowest BCUT2D eigenvalue weighted by Crippen LogP contribution is -2.03. The molecule has 2 rings (SSSR count). The molecule has 0 aliphatic carbocycles. The summed E-state index contributed by atoms with van der Waals surface area (Å²) in [5, 5.41) is 10.9. The molecule has 106 valence electrons. The van der Waals surface area contributed by atoms with Crippen molar-refractivity contribution in [2.75, 3.05) is 14.2 Å². The van der Waals surface area contributed by atoms with Crippen LogP contribution in [0.15, 0.2) is 36.4 Å². The molecule has 0 amide bonds. The van der Waals surface area contributed by atoms with Crippen LogP contribution in [0.4, 0.5) is 0 Å². The van der Waals surface area contributed by atoms with Gasteiger partial charge in [0.05, 0.1) is 19.2 Å². The van der Waals surface area contributed by atoms with Gasteiger partial charge in [0.15, 0.2) is 11.5 Å². The van der Waals surface area contributed by atoms with E-state index in [4.69, 9.17) is 21.1 Å². The van der Waals surface area contributed by atoms with Crippen LogP contribution in [0.2, 0.25) is 5.02 Å². The summed E-state index contributed by atoms with van der Waals surface area (Å²) in [6.07, 6.45) is -0.804. The fourth-order valence-corrected chi connectivity index (χ4v) is 2.47. The molecular formula is C16H17ClO3. The van der Waals surface area contributed by atoms with E-state index in [-0.39, 0.29) is 0 Å². The Hall–Kier alpha value is -1.71. The number of benzene rings is 2. The summed E-state index contributed by atoms with van der Waals surface area (Å²) in [6, 6.07) is 11.2. The summed E-state index contributed by atoms with van der Waals surface area (Å²) in [7, 11) is 3.07. The van der Waals surface area contributed by atoms with Gasteiger partial charge in [-0.15, -0.1) is 0 Å². The summed E-state index contributed by atoms with van der Waals surface area (Å²) in [6.45, 7) is 1.98. The number of aliphatic hydroxyl groups excluding tert-OH is 1. The highest BCUT2D eigenvalue weighted by Crippen LogP contribution is 2.41. The predicted octanol–water partition coefficient (Wildman–Crippen LogP) is 3.75. The van der Waals surface area contributed by atoms with E-state index in [1.165, 1.54) is 7.11 Å². The first-order valence-electron chi connectivity index (χ1n) is 6.23.